The van der Waals surface area contributed by atoms with Gasteiger partial charge in [0.25, 0.3) is 18.2 Å². The number of furan rings is 1. The van der Waals surface area contributed by atoms with Crippen molar-refractivity contribution in [1.29, 1.82) is 0 Å². The summed E-state index contributed by atoms with van der Waals surface area (Å²) in [4.78, 5) is 31.8. The summed E-state index contributed by atoms with van der Waals surface area (Å²) in [6.45, 7) is 2.64. The molecular formula is C23H24F2N4O3S. The van der Waals surface area contributed by atoms with Crippen LogP contribution in [0, 0.1) is 0 Å². The summed E-state index contributed by atoms with van der Waals surface area (Å²) in [5.74, 6) is -0.379. The molecule has 174 valence electrons. The molecular weight excluding hydrogens is 450 g/mol. The van der Waals surface area contributed by atoms with E-state index in [9.17, 15) is 18.4 Å². The molecule has 2 fully saturated rings. The first-order chi connectivity index (χ1) is 15.9. The highest BCUT2D eigenvalue weighted by Gasteiger charge is 2.32. The van der Waals surface area contributed by atoms with E-state index in [0.29, 0.717) is 23.3 Å². The van der Waals surface area contributed by atoms with Crippen molar-refractivity contribution in [3.05, 3.63) is 45.9 Å². The smallest absolute Gasteiger partial charge is 0.291 e. The highest BCUT2D eigenvalue weighted by molar-refractivity contribution is 7.21. The molecule has 0 unspecified atom stereocenters. The number of halogens is 2. The minimum absolute atomic E-state index is 0.0827. The molecule has 3 aromatic heterocycles. The average Bonchev–Trinajstić information content (AvgIpc) is 3.43. The van der Waals surface area contributed by atoms with Gasteiger partial charge in [-0.25, -0.2) is 13.8 Å². The van der Waals surface area contributed by atoms with Crippen LogP contribution in [-0.4, -0.2) is 34.8 Å². The highest BCUT2D eigenvalue weighted by atomic mass is 32.1. The monoisotopic (exact) mass is 474 g/mol. The molecule has 4 heterocycles. The van der Waals surface area contributed by atoms with Crippen LogP contribution in [-0.2, 0) is 6.54 Å². The summed E-state index contributed by atoms with van der Waals surface area (Å²) < 4.78 is 32.6. The number of hydrogen-bond acceptors (Lipinski definition) is 6. The van der Waals surface area contributed by atoms with E-state index in [1.165, 1.54) is 12.5 Å². The predicted molar refractivity (Wildman–Crippen MR) is 121 cm³/mol. The van der Waals surface area contributed by atoms with Crippen LogP contribution >= 0.6 is 11.3 Å². The number of primary amides is 1. The Morgan fingerprint density at radius 2 is 2.00 bits per heavy atom. The van der Waals surface area contributed by atoms with Gasteiger partial charge in [-0.05, 0) is 68.5 Å². The topological polar surface area (TPSA) is 101 Å². The van der Waals surface area contributed by atoms with E-state index < -0.39 is 18.2 Å². The summed E-state index contributed by atoms with van der Waals surface area (Å²) in [5.41, 5.74) is 6.10. The second kappa shape index (κ2) is 8.83. The lowest BCUT2D eigenvalue weighted by atomic mass is 10.0. The molecule has 1 saturated carbocycles. The number of fused-ring (bicyclic) bond motifs is 1. The van der Waals surface area contributed by atoms with Gasteiger partial charge in [0, 0.05) is 5.39 Å². The Kier molecular flexibility index (Phi) is 5.88. The van der Waals surface area contributed by atoms with Gasteiger partial charge in [0.2, 0.25) is 0 Å². The van der Waals surface area contributed by atoms with E-state index in [0.717, 1.165) is 50.1 Å². The molecule has 2 amide bonds. The number of carbonyl (C=O) groups excluding carboxylic acids is 2. The first-order valence-electron chi connectivity index (χ1n) is 11.1. The number of nitrogens with zero attached hydrogens (tertiary/aromatic N) is 2. The number of likely N-dealkylation sites (tertiary alicyclic amines) is 1. The van der Waals surface area contributed by atoms with Crippen molar-refractivity contribution in [1.82, 2.24) is 9.88 Å². The van der Waals surface area contributed by atoms with Crippen molar-refractivity contribution in [2.45, 2.75) is 51.0 Å². The van der Waals surface area contributed by atoms with Gasteiger partial charge >= 0.3 is 0 Å². The maximum Gasteiger partial charge on any atom is 0.291 e. The van der Waals surface area contributed by atoms with Gasteiger partial charge in [0.05, 0.1) is 12.2 Å². The van der Waals surface area contributed by atoms with E-state index in [-0.39, 0.29) is 32.8 Å². The molecule has 0 radical (unpaired) electrons. The van der Waals surface area contributed by atoms with Crippen LogP contribution < -0.4 is 11.1 Å². The molecule has 0 atom stereocenters. The number of pyridine rings is 1. The number of piperidine rings is 1. The van der Waals surface area contributed by atoms with Crippen LogP contribution in [0.2, 0.25) is 0 Å². The minimum Gasteiger partial charge on any atom is -0.455 e. The second-order valence-corrected chi connectivity index (χ2v) is 9.62. The molecule has 1 aliphatic carbocycles. The zero-order chi connectivity index (χ0) is 23.1. The molecule has 0 bridgehead atoms. The van der Waals surface area contributed by atoms with E-state index in [1.54, 1.807) is 12.1 Å². The predicted octanol–water partition coefficient (Wildman–Crippen LogP) is 5.04. The Morgan fingerprint density at radius 1 is 1.24 bits per heavy atom. The zero-order valence-electron chi connectivity index (χ0n) is 17.9. The Labute approximate surface area is 192 Å². The fraction of sp³-hybridized carbons (Fsp3) is 0.435. The van der Waals surface area contributed by atoms with Gasteiger partial charge in [-0.2, -0.15) is 0 Å². The molecule has 7 nitrogen and oxygen atoms in total. The number of carbonyl (C=O) groups is 2. The van der Waals surface area contributed by atoms with E-state index in [2.05, 4.69) is 15.2 Å². The first-order valence-corrected chi connectivity index (χ1v) is 11.9. The SMILES string of the molecule is NC(=O)c1sc2nc(C(F)F)cc(C3CC3)c2c1NC(=O)c1ccc(CN2CCCCC2)o1. The van der Waals surface area contributed by atoms with Crippen LogP contribution in [0.15, 0.2) is 22.6 Å². The lowest BCUT2D eigenvalue weighted by molar-refractivity contribution is 0.0992. The summed E-state index contributed by atoms with van der Waals surface area (Å²) in [6.07, 6.45) is 2.52. The van der Waals surface area contributed by atoms with Gasteiger partial charge in [0.15, 0.2) is 5.76 Å². The summed E-state index contributed by atoms with van der Waals surface area (Å²) in [7, 11) is 0. The molecule has 2 aliphatic rings. The van der Waals surface area contributed by atoms with E-state index >= 15 is 0 Å². The van der Waals surface area contributed by atoms with E-state index in [4.69, 9.17) is 10.2 Å². The maximum atomic E-state index is 13.4. The van der Waals surface area contributed by atoms with Crippen LogP contribution in [0.3, 0.4) is 0 Å². The van der Waals surface area contributed by atoms with Gasteiger partial charge in [-0.1, -0.05) is 6.42 Å². The number of anilines is 1. The van der Waals surface area contributed by atoms with Crippen LogP contribution in [0.5, 0.6) is 0 Å². The van der Waals surface area contributed by atoms with Gasteiger partial charge in [-0.15, -0.1) is 11.3 Å². The van der Waals surface area contributed by atoms with E-state index in [1.807, 2.05) is 0 Å². The number of amides is 2. The normalized spacial score (nSPS) is 17.1. The Morgan fingerprint density at radius 3 is 2.67 bits per heavy atom. The number of rotatable bonds is 7. The fourth-order valence-corrected chi connectivity index (χ4v) is 5.39. The van der Waals surface area contributed by atoms with Gasteiger partial charge < -0.3 is 15.5 Å². The van der Waals surface area contributed by atoms with Crippen molar-refractivity contribution in [2.24, 2.45) is 5.73 Å². The third kappa shape index (κ3) is 4.49. The van der Waals surface area contributed by atoms with Gasteiger partial charge in [0.1, 0.15) is 21.2 Å². The number of nitrogens with one attached hydrogen (secondary N) is 1. The highest BCUT2D eigenvalue weighted by Crippen LogP contribution is 2.48. The standard InChI is InChI=1S/C23H24F2N4O3S/c24-20(25)15-10-14(12-4-5-12)17-18(19(21(26)30)33-23(17)27-15)28-22(31)16-7-6-13(32-16)11-29-8-2-1-3-9-29/h6-7,10,12,20H,1-5,8-9,11H2,(H2,26,30)(H,28,31). The maximum absolute atomic E-state index is 13.4. The van der Waals surface area contributed by atoms with Crippen molar-refractivity contribution < 1.29 is 22.8 Å². The summed E-state index contributed by atoms with van der Waals surface area (Å²) >= 11 is 0.918. The lowest BCUT2D eigenvalue weighted by Crippen LogP contribution is -2.28. The van der Waals surface area contributed by atoms with Crippen LogP contribution in [0.1, 0.15) is 81.7 Å². The van der Waals surface area contributed by atoms with Crippen LogP contribution in [0.4, 0.5) is 14.5 Å². The Bertz CT molecular complexity index is 1210. The number of alkyl halides is 2. The van der Waals surface area contributed by atoms with Crippen molar-refractivity contribution in [2.75, 3.05) is 18.4 Å². The molecule has 5 rings (SSSR count). The minimum atomic E-state index is -2.73. The number of nitrogens with two attached hydrogens (primary N) is 1. The lowest BCUT2D eigenvalue weighted by Gasteiger charge is -2.25. The molecule has 3 aromatic rings. The molecule has 3 N–H and O–H groups in total. The third-order valence-electron chi connectivity index (χ3n) is 6.13. The van der Waals surface area contributed by atoms with Crippen molar-refractivity contribution in [3.8, 4) is 0 Å². The quantitative estimate of drug-likeness (QED) is 0.500. The third-order valence-corrected chi connectivity index (χ3v) is 7.23. The molecule has 1 saturated heterocycles. The fourth-order valence-electron chi connectivity index (χ4n) is 4.37. The second-order valence-electron chi connectivity index (χ2n) is 8.62. The number of aromatic nitrogens is 1. The number of thiophene rings is 1. The number of hydrogen-bond donors (Lipinski definition) is 2. The largest absolute Gasteiger partial charge is 0.455 e. The van der Waals surface area contributed by atoms with Crippen molar-refractivity contribution in [3.63, 3.8) is 0 Å². The Hall–Kier alpha value is -2.85. The Balaban J connectivity index is 1.46. The summed E-state index contributed by atoms with van der Waals surface area (Å²) in [5, 5.41) is 3.26. The van der Waals surface area contributed by atoms with Gasteiger partial charge in [-0.3, -0.25) is 14.5 Å². The molecule has 1 aliphatic heterocycles. The molecule has 10 heteroatoms. The zero-order valence-corrected chi connectivity index (χ0v) is 18.7. The molecule has 0 spiro atoms. The van der Waals surface area contributed by atoms with Crippen LogP contribution in [0.25, 0.3) is 10.2 Å². The van der Waals surface area contributed by atoms with Crippen molar-refractivity contribution >= 4 is 39.1 Å². The molecule has 33 heavy (non-hydrogen) atoms. The first kappa shape index (κ1) is 22.0. The average molecular weight is 475 g/mol. The summed E-state index contributed by atoms with van der Waals surface area (Å²) in [6, 6.07) is 4.75. The molecule has 0 aromatic carbocycles.